The number of hydrogen-bond acceptors (Lipinski definition) is 6. The van der Waals surface area contributed by atoms with E-state index < -0.39 is 5.97 Å². The second-order valence-electron chi connectivity index (χ2n) is 3.47. The predicted molar refractivity (Wildman–Crippen MR) is 84.7 cm³/mol. The van der Waals surface area contributed by atoms with E-state index in [4.69, 9.17) is 5.26 Å². The van der Waals surface area contributed by atoms with Crippen molar-refractivity contribution in [2.45, 2.75) is 0 Å². The van der Waals surface area contributed by atoms with Crippen molar-refractivity contribution in [2.24, 2.45) is 4.99 Å². The third-order valence-corrected chi connectivity index (χ3v) is 3.72. The molecule has 0 saturated carbocycles. The van der Waals surface area contributed by atoms with E-state index in [1.54, 1.807) is 6.26 Å². The van der Waals surface area contributed by atoms with Gasteiger partial charge in [-0.15, -0.1) is 23.5 Å². The Morgan fingerprint density at radius 2 is 1.90 bits per heavy atom. The first-order chi connectivity index (χ1) is 9.67. The lowest BCUT2D eigenvalue weighted by molar-refractivity contribution is -0.135. The molecular formula is C14H14N2O2S2. The Hall–Kier alpha value is -1.71. The van der Waals surface area contributed by atoms with Crippen molar-refractivity contribution in [1.29, 1.82) is 5.26 Å². The molecule has 0 spiro atoms. The fraction of sp³-hybridized carbons (Fsp3) is 0.214. The molecule has 0 radical (unpaired) electrons. The van der Waals surface area contributed by atoms with Crippen LogP contribution in [-0.2, 0) is 9.53 Å². The number of nitriles is 1. The third-order valence-electron chi connectivity index (χ3n) is 2.33. The predicted octanol–water partition coefficient (Wildman–Crippen LogP) is 3.07. The van der Waals surface area contributed by atoms with Gasteiger partial charge in [0.1, 0.15) is 16.1 Å². The highest BCUT2D eigenvalue weighted by Gasteiger charge is 2.16. The Bertz CT molecular complexity index is 575. The zero-order chi connectivity index (χ0) is 15.0. The van der Waals surface area contributed by atoms with Crippen molar-refractivity contribution < 1.29 is 9.53 Å². The van der Waals surface area contributed by atoms with Crippen LogP contribution in [0.3, 0.4) is 0 Å². The summed E-state index contributed by atoms with van der Waals surface area (Å²) >= 11 is 2.70. The summed E-state index contributed by atoms with van der Waals surface area (Å²) < 4.78 is 4.60. The number of ether oxygens (including phenoxy) is 1. The van der Waals surface area contributed by atoms with Gasteiger partial charge in [0.05, 0.1) is 7.11 Å². The first kappa shape index (κ1) is 16.3. The van der Waals surface area contributed by atoms with Gasteiger partial charge in [0.15, 0.2) is 5.57 Å². The van der Waals surface area contributed by atoms with Crippen LogP contribution in [-0.4, -0.2) is 30.6 Å². The molecule has 20 heavy (non-hydrogen) atoms. The SMILES string of the molecule is COC(=O)/C(C#N)=C(/N=C(/SC)c1ccccc1)SC. The molecule has 0 bridgehead atoms. The number of benzene rings is 1. The molecule has 6 heteroatoms. The summed E-state index contributed by atoms with van der Waals surface area (Å²) in [6, 6.07) is 11.5. The van der Waals surface area contributed by atoms with Crippen LogP contribution >= 0.6 is 23.5 Å². The van der Waals surface area contributed by atoms with Gasteiger partial charge in [0.25, 0.3) is 0 Å². The highest BCUT2D eigenvalue weighted by Crippen LogP contribution is 2.23. The quantitative estimate of drug-likeness (QED) is 0.281. The molecule has 1 aromatic rings. The molecule has 4 nitrogen and oxygen atoms in total. The van der Waals surface area contributed by atoms with Gasteiger partial charge in [-0.25, -0.2) is 9.79 Å². The second-order valence-corrected chi connectivity index (χ2v) is 5.06. The van der Waals surface area contributed by atoms with Gasteiger partial charge < -0.3 is 4.74 Å². The number of carbonyl (C=O) groups is 1. The molecule has 1 aromatic carbocycles. The summed E-state index contributed by atoms with van der Waals surface area (Å²) in [6.07, 6.45) is 3.66. The van der Waals surface area contributed by atoms with E-state index in [0.29, 0.717) is 5.03 Å². The number of esters is 1. The lowest BCUT2D eigenvalue weighted by Gasteiger charge is -2.06. The van der Waals surface area contributed by atoms with E-state index in [2.05, 4.69) is 9.73 Å². The first-order valence-corrected chi connectivity index (χ1v) is 8.07. The van der Waals surface area contributed by atoms with Crippen molar-refractivity contribution in [3.05, 3.63) is 46.5 Å². The average molecular weight is 306 g/mol. The van der Waals surface area contributed by atoms with Crippen LogP contribution < -0.4 is 0 Å². The zero-order valence-corrected chi connectivity index (χ0v) is 13.0. The molecule has 0 amide bonds. The molecule has 0 aliphatic rings. The number of rotatable bonds is 4. The topological polar surface area (TPSA) is 62.5 Å². The van der Waals surface area contributed by atoms with E-state index in [-0.39, 0.29) is 5.57 Å². The van der Waals surface area contributed by atoms with Crippen molar-refractivity contribution in [1.82, 2.24) is 0 Å². The summed E-state index contributed by atoms with van der Waals surface area (Å²) in [7, 11) is 1.24. The summed E-state index contributed by atoms with van der Waals surface area (Å²) in [5, 5.41) is 10.2. The molecular weight excluding hydrogens is 292 g/mol. The molecule has 0 aromatic heterocycles. The Labute approximate surface area is 126 Å². The number of hydrogen-bond donors (Lipinski definition) is 0. The molecule has 0 saturated heterocycles. The number of nitrogens with zero attached hydrogens (tertiary/aromatic N) is 2. The molecule has 0 unspecified atom stereocenters. The maximum atomic E-state index is 11.6. The van der Waals surface area contributed by atoms with Crippen molar-refractivity contribution >= 4 is 34.5 Å². The highest BCUT2D eigenvalue weighted by molar-refractivity contribution is 8.14. The van der Waals surface area contributed by atoms with Crippen LogP contribution in [0.5, 0.6) is 0 Å². The van der Waals surface area contributed by atoms with Gasteiger partial charge in [0.2, 0.25) is 0 Å². The van der Waals surface area contributed by atoms with Crippen LogP contribution in [0.15, 0.2) is 45.9 Å². The number of methoxy groups -OCH3 is 1. The lowest BCUT2D eigenvalue weighted by Crippen LogP contribution is -2.06. The van der Waals surface area contributed by atoms with Gasteiger partial charge in [0, 0.05) is 5.56 Å². The van der Waals surface area contributed by atoms with E-state index in [1.165, 1.54) is 30.6 Å². The number of aliphatic imine (C=N–C) groups is 1. The molecule has 0 N–H and O–H groups in total. The minimum absolute atomic E-state index is 0.0810. The lowest BCUT2D eigenvalue weighted by atomic mass is 10.2. The highest BCUT2D eigenvalue weighted by atomic mass is 32.2. The molecule has 0 aliphatic heterocycles. The molecule has 0 fully saturated rings. The van der Waals surface area contributed by atoms with Gasteiger partial charge in [-0.3, -0.25) is 0 Å². The van der Waals surface area contributed by atoms with E-state index in [9.17, 15) is 4.79 Å². The van der Waals surface area contributed by atoms with E-state index in [1.807, 2.05) is 42.7 Å². The third kappa shape index (κ3) is 4.15. The van der Waals surface area contributed by atoms with Crippen LogP contribution in [0.2, 0.25) is 0 Å². The number of thioether (sulfide) groups is 2. The zero-order valence-electron chi connectivity index (χ0n) is 11.4. The van der Waals surface area contributed by atoms with Crippen LogP contribution in [0, 0.1) is 11.3 Å². The molecule has 0 aliphatic carbocycles. The summed E-state index contributed by atoms with van der Waals surface area (Å²) in [4.78, 5) is 16.0. The second kappa shape index (κ2) is 8.46. The molecule has 0 atom stereocenters. The van der Waals surface area contributed by atoms with Crippen molar-refractivity contribution in [3.8, 4) is 6.07 Å². The minimum atomic E-state index is -0.672. The Morgan fingerprint density at radius 3 is 2.35 bits per heavy atom. The average Bonchev–Trinajstić information content (AvgIpc) is 2.51. The summed E-state index contributed by atoms with van der Waals surface area (Å²) in [6.45, 7) is 0. The van der Waals surface area contributed by atoms with Gasteiger partial charge in [-0.05, 0) is 12.5 Å². The van der Waals surface area contributed by atoms with Gasteiger partial charge >= 0.3 is 5.97 Å². The van der Waals surface area contributed by atoms with Crippen molar-refractivity contribution in [3.63, 3.8) is 0 Å². The largest absolute Gasteiger partial charge is 0.465 e. The van der Waals surface area contributed by atoms with E-state index >= 15 is 0 Å². The molecule has 0 heterocycles. The maximum absolute atomic E-state index is 11.6. The fourth-order valence-corrected chi connectivity index (χ4v) is 2.52. The Kier molecular flexibility index (Phi) is 6.91. The fourth-order valence-electron chi connectivity index (χ4n) is 1.39. The maximum Gasteiger partial charge on any atom is 0.351 e. The standard InChI is InChI=1S/C14H14N2O2S2/c1-18-14(17)11(9-15)13(20-3)16-12(19-2)10-7-5-4-6-8-10/h4-8H,1-3H3/b13-11-,16-12+. The smallest absolute Gasteiger partial charge is 0.351 e. The van der Waals surface area contributed by atoms with Crippen LogP contribution in [0.1, 0.15) is 5.56 Å². The van der Waals surface area contributed by atoms with Gasteiger partial charge in [-0.1, -0.05) is 30.3 Å². The first-order valence-electron chi connectivity index (χ1n) is 5.62. The summed E-state index contributed by atoms with van der Waals surface area (Å²) in [5.74, 6) is -0.672. The Balaban J connectivity index is 3.31. The summed E-state index contributed by atoms with van der Waals surface area (Å²) in [5.41, 5.74) is 0.858. The van der Waals surface area contributed by atoms with Crippen LogP contribution in [0.25, 0.3) is 0 Å². The minimum Gasteiger partial charge on any atom is -0.465 e. The van der Waals surface area contributed by atoms with Crippen LogP contribution in [0.4, 0.5) is 0 Å². The van der Waals surface area contributed by atoms with Crippen molar-refractivity contribution in [2.75, 3.05) is 19.6 Å². The monoisotopic (exact) mass is 306 g/mol. The number of carbonyl (C=O) groups excluding carboxylic acids is 1. The van der Waals surface area contributed by atoms with Gasteiger partial charge in [-0.2, -0.15) is 5.26 Å². The van der Waals surface area contributed by atoms with E-state index in [0.717, 1.165) is 10.6 Å². The molecule has 104 valence electrons. The Morgan fingerprint density at radius 1 is 1.25 bits per heavy atom. The normalized spacial score (nSPS) is 12.4. The molecule has 1 rings (SSSR count).